The van der Waals surface area contributed by atoms with Crippen LogP contribution in [-0.2, 0) is 24.7 Å². The zero-order chi connectivity index (χ0) is 10.8. The molecule has 1 N–H and O–H groups in total. The van der Waals surface area contributed by atoms with E-state index in [9.17, 15) is 4.79 Å². The fourth-order valence-corrected chi connectivity index (χ4v) is 2.11. The summed E-state index contributed by atoms with van der Waals surface area (Å²) in [6.07, 6.45) is 4.72. The van der Waals surface area contributed by atoms with E-state index in [1.165, 1.54) is 11.3 Å². The van der Waals surface area contributed by atoms with Crippen molar-refractivity contribution in [3.05, 3.63) is 17.5 Å². The molecule has 0 aromatic carbocycles. The summed E-state index contributed by atoms with van der Waals surface area (Å²) in [4.78, 5) is 11.1. The highest BCUT2D eigenvalue weighted by Gasteiger charge is 2.22. The minimum absolute atomic E-state index is 0. The third kappa shape index (κ3) is 2.68. The molecule has 1 aromatic heterocycles. The zero-order valence-corrected chi connectivity index (χ0v) is 10.6. The number of aryl methyl sites for hydroxylation is 2. The molecule has 1 heterocycles. The molecule has 1 atom stereocenters. The molecular formula is C10H15Cl2N3O. The maximum Gasteiger partial charge on any atom is 0.235 e. The van der Waals surface area contributed by atoms with E-state index in [1.807, 2.05) is 17.9 Å². The van der Waals surface area contributed by atoms with Crippen molar-refractivity contribution < 1.29 is 4.79 Å². The molecule has 2 rings (SSSR count). The zero-order valence-electron chi connectivity index (χ0n) is 9.07. The number of alkyl halides is 1. The summed E-state index contributed by atoms with van der Waals surface area (Å²) < 4.78 is 1.88. The predicted octanol–water partition coefficient (Wildman–Crippen LogP) is 1.05. The van der Waals surface area contributed by atoms with Crippen LogP contribution in [0.15, 0.2) is 6.20 Å². The van der Waals surface area contributed by atoms with Gasteiger partial charge in [-0.1, -0.05) is 0 Å². The van der Waals surface area contributed by atoms with E-state index >= 15 is 0 Å². The van der Waals surface area contributed by atoms with Gasteiger partial charge in [0.1, 0.15) is 5.88 Å². The lowest BCUT2D eigenvalue weighted by Crippen LogP contribution is -2.39. The molecular weight excluding hydrogens is 249 g/mol. The number of nitrogens with zero attached hydrogens (tertiary/aromatic N) is 2. The lowest BCUT2D eigenvalue weighted by molar-refractivity contribution is -0.119. The van der Waals surface area contributed by atoms with Gasteiger partial charge in [0, 0.05) is 25.2 Å². The van der Waals surface area contributed by atoms with Crippen molar-refractivity contribution in [3.63, 3.8) is 0 Å². The van der Waals surface area contributed by atoms with Crippen LogP contribution in [0.2, 0.25) is 0 Å². The van der Waals surface area contributed by atoms with Crippen molar-refractivity contribution in [1.82, 2.24) is 15.1 Å². The van der Waals surface area contributed by atoms with E-state index in [2.05, 4.69) is 10.4 Å². The standard InChI is InChI=1S/C10H14ClN3O.ClH/c1-14-9-4-8(13-10(15)5-11)3-2-7(9)6-12-14;/h6,8H,2-5H2,1H3,(H,13,15);1H. The minimum Gasteiger partial charge on any atom is -0.352 e. The largest absolute Gasteiger partial charge is 0.352 e. The van der Waals surface area contributed by atoms with Gasteiger partial charge in [0.25, 0.3) is 0 Å². The Kier molecular flexibility index (Phi) is 4.62. The number of nitrogens with one attached hydrogen (secondary N) is 1. The number of hydrogen-bond acceptors (Lipinski definition) is 2. The number of carbonyl (C=O) groups excluding carboxylic acids is 1. The molecule has 1 aliphatic carbocycles. The van der Waals surface area contributed by atoms with Gasteiger partial charge in [-0.15, -0.1) is 24.0 Å². The highest BCUT2D eigenvalue weighted by molar-refractivity contribution is 6.27. The third-order valence-electron chi connectivity index (χ3n) is 2.84. The lowest BCUT2D eigenvalue weighted by Gasteiger charge is -2.23. The van der Waals surface area contributed by atoms with Crippen LogP contribution in [0, 0.1) is 0 Å². The van der Waals surface area contributed by atoms with Crippen LogP contribution >= 0.6 is 24.0 Å². The molecule has 0 spiro atoms. The molecule has 1 amide bonds. The second-order valence-corrected chi connectivity index (χ2v) is 4.15. The first-order chi connectivity index (χ1) is 7.20. The fraction of sp³-hybridized carbons (Fsp3) is 0.600. The third-order valence-corrected chi connectivity index (χ3v) is 3.08. The summed E-state index contributed by atoms with van der Waals surface area (Å²) >= 11 is 5.45. The quantitative estimate of drug-likeness (QED) is 0.812. The SMILES string of the molecule is Cl.Cn1ncc2c1CC(NC(=O)CCl)CC2. The Balaban J connectivity index is 0.00000128. The van der Waals surface area contributed by atoms with E-state index in [-0.39, 0.29) is 30.2 Å². The van der Waals surface area contributed by atoms with E-state index in [0.29, 0.717) is 0 Å². The van der Waals surface area contributed by atoms with Crippen LogP contribution in [0.3, 0.4) is 0 Å². The summed E-state index contributed by atoms with van der Waals surface area (Å²) in [5.74, 6) is -0.0540. The van der Waals surface area contributed by atoms with Gasteiger partial charge in [0.05, 0.1) is 6.20 Å². The Morgan fingerprint density at radius 2 is 2.50 bits per heavy atom. The van der Waals surface area contributed by atoms with Crippen LogP contribution < -0.4 is 5.32 Å². The van der Waals surface area contributed by atoms with Crippen molar-refractivity contribution in [1.29, 1.82) is 0 Å². The van der Waals surface area contributed by atoms with Crippen LogP contribution in [-0.4, -0.2) is 27.6 Å². The number of rotatable bonds is 2. The van der Waals surface area contributed by atoms with Gasteiger partial charge in [-0.3, -0.25) is 9.48 Å². The molecule has 0 fully saturated rings. The Labute approximate surface area is 106 Å². The van der Waals surface area contributed by atoms with E-state index in [1.54, 1.807) is 0 Å². The van der Waals surface area contributed by atoms with Crippen LogP contribution in [0.1, 0.15) is 17.7 Å². The molecule has 0 saturated heterocycles. The van der Waals surface area contributed by atoms with Crippen molar-refractivity contribution >= 4 is 29.9 Å². The molecule has 6 heteroatoms. The number of fused-ring (bicyclic) bond motifs is 1. The molecule has 0 aliphatic heterocycles. The predicted molar refractivity (Wildman–Crippen MR) is 65.1 cm³/mol. The maximum atomic E-state index is 11.1. The summed E-state index contributed by atoms with van der Waals surface area (Å²) in [6, 6.07) is 0.208. The highest BCUT2D eigenvalue weighted by Crippen LogP contribution is 2.20. The molecule has 90 valence electrons. The number of amides is 1. The average molecular weight is 264 g/mol. The number of aromatic nitrogens is 2. The first-order valence-electron chi connectivity index (χ1n) is 5.05. The molecule has 0 bridgehead atoms. The average Bonchev–Trinajstić information content (AvgIpc) is 2.60. The second-order valence-electron chi connectivity index (χ2n) is 3.88. The van der Waals surface area contributed by atoms with E-state index in [4.69, 9.17) is 11.6 Å². The van der Waals surface area contributed by atoms with Crippen molar-refractivity contribution in [3.8, 4) is 0 Å². The topological polar surface area (TPSA) is 46.9 Å². The molecule has 0 saturated carbocycles. The van der Waals surface area contributed by atoms with Crippen LogP contribution in [0.5, 0.6) is 0 Å². The molecule has 1 aromatic rings. The first kappa shape index (κ1) is 13.3. The molecule has 1 unspecified atom stereocenters. The van der Waals surface area contributed by atoms with Crippen molar-refractivity contribution in [2.75, 3.05) is 5.88 Å². The summed E-state index contributed by atoms with van der Waals surface area (Å²) in [6.45, 7) is 0. The van der Waals surface area contributed by atoms with Gasteiger partial charge >= 0.3 is 0 Å². The van der Waals surface area contributed by atoms with Gasteiger partial charge in [-0.2, -0.15) is 5.10 Å². The monoisotopic (exact) mass is 263 g/mol. The normalized spacial score (nSPS) is 18.5. The summed E-state index contributed by atoms with van der Waals surface area (Å²) in [5.41, 5.74) is 2.52. The summed E-state index contributed by atoms with van der Waals surface area (Å²) in [5, 5.41) is 7.12. The molecule has 16 heavy (non-hydrogen) atoms. The first-order valence-corrected chi connectivity index (χ1v) is 5.59. The number of halogens is 2. The Bertz CT molecular complexity index is 378. The van der Waals surface area contributed by atoms with Gasteiger partial charge in [0.2, 0.25) is 5.91 Å². The fourth-order valence-electron chi connectivity index (χ4n) is 2.04. The smallest absolute Gasteiger partial charge is 0.235 e. The van der Waals surface area contributed by atoms with E-state index < -0.39 is 0 Å². The molecule has 4 nitrogen and oxygen atoms in total. The Morgan fingerprint density at radius 3 is 3.19 bits per heavy atom. The number of hydrogen-bond donors (Lipinski definition) is 1. The minimum atomic E-state index is -0.0905. The second kappa shape index (κ2) is 5.55. The van der Waals surface area contributed by atoms with Gasteiger partial charge < -0.3 is 5.32 Å². The molecule has 1 aliphatic rings. The number of carbonyl (C=O) groups is 1. The Hall–Kier alpha value is -0.740. The van der Waals surface area contributed by atoms with E-state index in [0.717, 1.165) is 19.3 Å². The van der Waals surface area contributed by atoms with Gasteiger partial charge in [-0.25, -0.2) is 0 Å². The maximum absolute atomic E-state index is 11.1. The summed E-state index contributed by atoms with van der Waals surface area (Å²) in [7, 11) is 1.94. The van der Waals surface area contributed by atoms with Crippen molar-refractivity contribution in [2.45, 2.75) is 25.3 Å². The van der Waals surface area contributed by atoms with Crippen LogP contribution in [0.25, 0.3) is 0 Å². The lowest BCUT2D eigenvalue weighted by atomic mass is 9.93. The van der Waals surface area contributed by atoms with Gasteiger partial charge in [-0.05, 0) is 18.4 Å². The highest BCUT2D eigenvalue weighted by atomic mass is 35.5. The molecule has 0 radical (unpaired) electrons. The van der Waals surface area contributed by atoms with Crippen molar-refractivity contribution in [2.24, 2.45) is 7.05 Å². The van der Waals surface area contributed by atoms with Gasteiger partial charge in [0.15, 0.2) is 0 Å². The Morgan fingerprint density at radius 1 is 1.75 bits per heavy atom. The van der Waals surface area contributed by atoms with Crippen LogP contribution in [0.4, 0.5) is 0 Å².